The normalized spacial score (nSPS) is 22.3. The van der Waals surface area contributed by atoms with E-state index in [1.54, 1.807) is 6.07 Å². The minimum absolute atomic E-state index is 0.153. The summed E-state index contributed by atoms with van der Waals surface area (Å²) in [6.45, 7) is 3.26. The zero-order valence-corrected chi connectivity index (χ0v) is 12.4. The van der Waals surface area contributed by atoms with E-state index in [9.17, 15) is 4.79 Å². The molecule has 4 N–H and O–H groups in total. The molecule has 1 aliphatic carbocycles. The van der Waals surface area contributed by atoms with Crippen LogP contribution in [0.4, 0.5) is 11.4 Å². The standard InChI is InChI=1S/C16H22N4O/c1-10-2-4-11(5-3-10)8-18-15-7-14-12(6-13(15)17)16(21)20-9-19-14/h6-7,9-11,18H,2-5,8,17H2,1H3,(H,19,20,21). The molecule has 0 aliphatic heterocycles. The molecule has 0 radical (unpaired) electrons. The summed E-state index contributed by atoms with van der Waals surface area (Å²) in [7, 11) is 0. The van der Waals surface area contributed by atoms with Crippen molar-refractivity contribution < 1.29 is 0 Å². The number of nitrogens with one attached hydrogen (secondary N) is 2. The fourth-order valence-corrected chi connectivity index (χ4v) is 3.07. The van der Waals surface area contributed by atoms with E-state index in [4.69, 9.17) is 5.73 Å². The molecule has 0 amide bonds. The molecule has 1 aliphatic rings. The lowest BCUT2D eigenvalue weighted by atomic mass is 9.83. The highest BCUT2D eigenvalue weighted by Gasteiger charge is 2.18. The number of aromatic nitrogens is 2. The summed E-state index contributed by atoms with van der Waals surface area (Å²) in [5.74, 6) is 1.58. The number of hydrogen-bond donors (Lipinski definition) is 3. The third-order valence-electron chi connectivity index (χ3n) is 4.53. The second kappa shape index (κ2) is 5.76. The molecule has 0 saturated heterocycles. The van der Waals surface area contributed by atoms with E-state index in [1.807, 2.05) is 6.07 Å². The SMILES string of the molecule is CC1CCC(CNc2cc3nc[nH]c(=O)c3cc2N)CC1. The van der Waals surface area contributed by atoms with Crippen molar-refractivity contribution in [3.8, 4) is 0 Å². The Labute approximate surface area is 124 Å². The van der Waals surface area contributed by atoms with Gasteiger partial charge in [0.1, 0.15) is 0 Å². The highest BCUT2D eigenvalue weighted by molar-refractivity contribution is 5.88. The van der Waals surface area contributed by atoms with Crippen LogP contribution in [0.2, 0.25) is 0 Å². The number of H-pyrrole nitrogens is 1. The van der Waals surface area contributed by atoms with Gasteiger partial charge >= 0.3 is 0 Å². The minimum atomic E-state index is -0.153. The molecule has 0 atom stereocenters. The summed E-state index contributed by atoms with van der Waals surface area (Å²) in [6, 6.07) is 3.57. The minimum Gasteiger partial charge on any atom is -0.397 e. The van der Waals surface area contributed by atoms with Crippen LogP contribution in [0.15, 0.2) is 23.3 Å². The van der Waals surface area contributed by atoms with Gasteiger partial charge in [0.15, 0.2) is 0 Å². The fourth-order valence-electron chi connectivity index (χ4n) is 3.07. The maximum Gasteiger partial charge on any atom is 0.258 e. The fraction of sp³-hybridized carbons (Fsp3) is 0.500. The van der Waals surface area contributed by atoms with Crippen molar-refractivity contribution in [3.05, 3.63) is 28.8 Å². The molecule has 2 aromatic rings. The van der Waals surface area contributed by atoms with Gasteiger partial charge in [-0.15, -0.1) is 0 Å². The van der Waals surface area contributed by atoms with Gasteiger partial charge < -0.3 is 16.0 Å². The number of anilines is 2. The second-order valence-corrected chi connectivity index (χ2v) is 6.20. The number of aromatic amines is 1. The number of fused-ring (bicyclic) bond motifs is 1. The van der Waals surface area contributed by atoms with Crippen molar-refractivity contribution in [2.75, 3.05) is 17.6 Å². The van der Waals surface area contributed by atoms with Crippen LogP contribution < -0.4 is 16.6 Å². The van der Waals surface area contributed by atoms with Gasteiger partial charge in [0.25, 0.3) is 5.56 Å². The van der Waals surface area contributed by atoms with Gasteiger partial charge in [0, 0.05) is 6.54 Å². The Bertz CT molecular complexity index is 686. The summed E-state index contributed by atoms with van der Waals surface area (Å²) in [5.41, 5.74) is 8.05. The molecule has 5 nitrogen and oxygen atoms in total. The van der Waals surface area contributed by atoms with E-state index in [2.05, 4.69) is 22.2 Å². The van der Waals surface area contributed by atoms with E-state index >= 15 is 0 Å². The van der Waals surface area contributed by atoms with Crippen LogP contribution in [-0.4, -0.2) is 16.5 Å². The van der Waals surface area contributed by atoms with Crippen molar-refractivity contribution in [1.82, 2.24) is 9.97 Å². The lowest BCUT2D eigenvalue weighted by Gasteiger charge is -2.26. The topological polar surface area (TPSA) is 83.8 Å². The van der Waals surface area contributed by atoms with Gasteiger partial charge in [0.05, 0.1) is 28.6 Å². The number of nitrogens with zero attached hydrogens (tertiary/aromatic N) is 1. The van der Waals surface area contributed by atoms with Gasteiger partial charge in [-0.1, -0.05) is 19.8 Å². The molecule has 1 fully saturated rings. The van der Waals surface area contributed by atoms with Crippen molar-refractivity contribution in [1.29, 1.82) is 0 Å². The number of nitrogen functional groups attached to an aromatic ring is 1. The molecule has 112 valence electrons. The Kier molecular flexibility index (Phi) is 3.82. The van der Waals surface area contributed by atoms with Crippen LogP contribution in [0.1, 0.15) is 32.6 Å². The van der Waals surface area contributed by atoms with Gasteiger partial charge in [-0.25, -0.2) is 4.98 Å². The van der Waals surface area contributed by atoms with Crippen molar-refractivity contribution in [2.45, 2.75) is 32.6 Å². The number of nitrogens with two attached hydrogens (primary N) is 1. The Balaban J connectivity index is 1.75. The summed E-state index contributed by atoms with van der Waals surface area (Å²) in [6.07, 6.45) is 6.61. The third-order valence-corrected chi connectivity index (χ3v) is 4.53. The summed E-state index contributed by atoms with van der Waals surface area (Å²) < 4.78 is 0. The quantitative estimate of drug-likeness (QED) is 0.757. The van der Waals surface area contributed by atoms with Crippen LogP contribution in [0, 0.1) is 11.8 Å². The Hall–Kier alpha value is -2.04. The molecule has 5 heteroatoms. The predicted octanol–water partition coefficient (Wildman–Crippen LogP) is 2.74. The Morgan fingerprint density at radius 2 is 2.10 bits per heavy atom. The largest absolute Gasteiger partial charge is 0.397 e. The van der Waals surface area contributed by atoms with Crippen molar-refractivity contribution >= 4 is 22.3 Å². The van der Waals surface area contributed by atoms with E-state index in [0.29, 0.717) is 22.5 Å². The van der Waals surface area contributed by atoms with Crippen LogP contribution in [0.5, 0.6) is 0 Å². The molecule has 0 spiro atoms. The average molecular weight is 286 g/mol. The maximum absolute atomic E-state index is 11.7. The van der Waals surface area contributed by atoms with Gasteiger partial charge in [-0.2, -0.15) is 0 Å². The monoisotopic (exact) mass is 286 g/mol. The van der Waals surface area contributed by atoms with Crippen LogP contribution in [-0.2, 0) is 0 Å². The molecule has 1 aromatic carbocycles. The first-order chi connectivity index (χ1) is 10.1. The molecule has 21 heavy (non-hydrogen) atoms. The molecule has 1 aromatic heterocycles. The lowest BCUT2D eigenvalue weighted by Crippen LogP contribution is -2.20. The smallest absolute Gasteiger partial charge is 0.258 e. The first kappa shape index (κ1) is 13.9. The highest BCUT2D eigenvalue weighted by atomic mass is 16.1. The van der Waals surface area contributed by atoms with Crippen LogP contribution in [0.3, 0.4) is 0 Å². The third kappa shape index (κ3) is 3.01. The number of hydrogen-bond acceptors (Lipinski definition) is 4. The maximum atomic E-state index is 11.7. The van der Waals surface area contributed by atoms with Crippen LogP contribution >= 0.6 is 0 Å². The molecule has 1 saturated carbocycles. The van der Waals surface area contributed by atoms with E-state index < -0.39 is 0 Å². The molecule has 0 unspecified atom stereocenters. The highest BCUT2D eigenvalue weighted by Crippen LogP contribution is 2.29. The van der Waals surface area contributed by atoms with Crippen molar-refractivity contribution in [3.63, 3.8) is 0 Å². The predicted molar refractivity (Wildman–Crippen MR) is 86.4 cm³/mol. The second-order valence-electron chi connectivity index (χ2n) is 6.20. The summed E-state index contributed by atoms with van der Waals surface area (Å²) in [5, 5.41) is 3.97. The Morgan fingerprint density at radius 1 is 1.33 bits per heavy atom. The van der Waals surface area contributed by atoms with E-state index in [1.165, 1.54) is 32.0 Å². The van der Waals surface area contributed by atoms with Gasteiger partial charge in [0.2, 0.25) is 0 Å². The number of rotatable bonds is 3. The Morgan fingerprint density at radius 3 is 2.86 bits per heavy atom. The zero-order chi connectivity index (χ0) is 14.8. The first-order valence-corrected chi connectivity index (χ1v) is 7.64. The zero-order valence-electron chi connectivity index (χ0n) is 12.4. The lowest BCUT2D eigenvalue weighted by molar-refractivity contribution is 0.300. The van der Waals surface area contributed by atoms with Crippen LogP contribution in [0.25, 0.3) is 10.9 Å². The van der Waals surface area contributed by atoms with Gasteiger partial charge in [-0.3, -0.25) is 4.79 Å². The molecule has 0 bridgehead atoms. The summed E-state index contributed by atoms with van der Waals surface area (Å²) >= 11 is 0. The number of benzene rings is 1. The van der Waals surface area contributed by atoms with Crippen molar-refractivity contribution in [2.24, 2.45) is 11.8 Å². The first-order valence-electron chi connectivity index (χ1n) is 7.64. The average Bonchev–Trinajstić information content (AvgIpc) is 2.48. The van der Waals surface area contributed by atoms with Gasteiger partial charge in [-0.05, 0) is 36.8 Å². The van der Waals surface area contributed by atoms with E-state index in [-0.39, 0.29) is 5.56 Å². The summed E-state index contributed by atoms with van der Waals surface area (Å²) in [4.78, 5) is 18.5. The molecular weight excluding hydrogens is 264 g/mol. The molecule has 1 heterocycles. The molecule has 3 rings (SSSR count). The van der Waals surface area contributed by atoms with E-state index in [0.717, 1.165) is 18.2 Å². The molecular formula is C16H22N4O.